The van der Waals surface area contributed by atoms with Gasteiger partial charge in [0, 0.05) is 37.2 Å². The molecule has 0 amide bonds. The highest BCUT2D eigenvalue weighted by atomic mass is 16.5. The first-order valence-electron chi connectivity index (χ1n) is 12.7. The molecule has 4 heterocycles. The predicted octanol–water partition coefficient (Wildman–Crippen LogP) is 3.52. The Labute approximate surface area is 208 Å². The number of likely N-dealkylation sites (tertiary alicyclic amines) is 1. The fourth-order valence-electron chi connectivity index (χ4n) is 5.66. The maximum atomic E-state index is 9.61. The zero-order chi connectivity index (χ0) is 24.2. The lowest BCUT2D eigenvalue weighted by atomic mass is 9.96. The molecule has 0 unspecified atom stereocenters. The quantitative estimate of drug-likeness (QED) is 0.597. The van der Waals surface area contributed by atoms with Crippen LogP contribution in [0.1, 0.15) is 42.5 Å². The topological polar surface area (TPSA) is 72.9 Å². The van der Waals surface area contributed by atoms with E-state index in [1.54, 1.807) is 0 Å². The van der Waals surface area contributed by atoms with E-state index >= 15 is 0 Å². The van der Waals surface area contributed by atoms with Crippen molar-refractivity contribution in [3.63, 3.8) is 0 Å². The highest BCUT2D eigenvalue weighted by molar-refractivity contribution is 5.61. The van der Waals surface area contributed by atoms with Crippen molar-refractivity contribution in [1.82, 2.24) is 14.9 Å². The molecule has 0 bridgehead atoms. The monoisotopic (exact) mass is 471 g/mol. The zero-order valence-corrected chi connectivity index (χ0v) is 20.5. The summed E-state index contributed by atoms with van der Waals surface area (Å²) in [5, 5.41) is 9.61. The molecule has 0 aliphatic carbocycles. The molecule has 3 aliphatic rings. The van der Waals surface area contributed by atoms with Gasteiger partial charge in [-0.05, 0) is 57.8 Å². The van der Waals surface area contributed by atoms with Gasteiger partial charge in [0.2, 0.25) is 6.54 Å². The molecule has 0 spiro atoms. The van der Waals surface area contributed by atoms with Gasteiger partial charge in [0.05, 0.1) is 23.5 Å². The van der Waals surface area contributed by atoms with Gasteiger partial charge < -0.3 is 24.3 Å². The van der Waals surface area contributed by atoms with Gasteiger partial charge in [-0.1, -0.05) is 12.1 Å². The molecule has 1 aromatic carbocycles. The van der Waals surface area contributed by atoms with Crippen LogP contribution in [0.2, 0.25) is 0 Å². The Kier molecular flexibility index (Phi) is 7.01. The summed E-state index contributed by atoms with van der Waals surface area (Å²) < 4.78 is 6.21. The first-order chi connectivity index (χ1) is 17.2. The first kappa shape index (κ1) is 23.4. The van der Waals surface area contributed by atoms with E-state index in [1.165, 1.54) is 12.0 Å². The number of fused-ring (bicyclic) bond motifs is 1. The molecule has 3 aliphatic heterocycles. The smallest absolute Gasteiger partial charge is 0.318 e. The molecule has 8 heteroatoms. The number of ether oxygens (including phenoxy) is 1. The summed E-state index contributed by atoms with van der Waals surface area (Å²) in [6.45, 7) is 12.8. The fourth-order valence-corrected chi connectivity index (χ4v) is 5.66. The van der Waals surface area contributed by atoms with Gasteiger partial charge in [-0.15, -0.1) is 0 Å². The van der Waals surface area contributed by atoms with Gasteiger partial charge in [-0.2, -0.15) is 15.2 Å². The van der Waals surface area contributed by atoms with E-state index in [9.17, 15) is 5.26 Å². The second kappa shape index (κ2) is 10.5. The van der Waals surface area contributed by atoms with E-state index < -0.39 is 0 Å². The number of rotatable bonds is 6. The predicted molar refractivity (Wildman–Crippen MR) is 135 cm³/mol. The Hall–Kier alpha value is -3.36. The summed E-state index contributed by atoms with van der Waals surface area (Å²) in [6.07, 6.45) is 5.33. The Bertz CT molecular complexity index is 1140. The van der Waals surface area contributed by atoms with Crippen LogP contribution in [0.25, 0.3) is 4.85 Å². The van der Waals surface area contributed by atoms with Crippen LogP contribution in [-0.2, 0) is 13.0 Å². The molecule has 2 saturated heterocycles. The van der Waals surface area contributed by atoms with Gasteiger partial charge >= 0.3 is 6.01 Å². The van der Waals surface area contributed by atoms with Gasteiger partial charge in [-0.3, -0.25) is 0 Å². The molecule has 182 valence electrons. The van der Waals surface area contributed by atoms with Crippen molar-refractivity contribution >= 4 is 11.5 Å². The van der Waals surface area contributed by atoms with Crippen LogP contribution in [0, 0.1) is 23.8 Å². The Morgan fingerprint density at radius 2 is 2.00 bits per heavy atom. The highest BCUT2D eigenvalue weighted by Gasteiger charge is 2.30. The van der Waals surface area contributed by atoms with E-state index in [4.69, 9.17) is 21.3 Å². The second-order valence-electron chi connectivity index (χ2n) is 9.94. The van der Waals surface area contributed by atoms with Gasteiger partial charge in [-0.25, -0.2) is 6.57 Å². The summed E-state index contributed by atoms with van der Waals surface area (Å²) in [6, 6.07) is 10.9. The van der Waals surface area contributed by atoms with Crippen LogP contribution in [0.15, 0.2) is 24.3 Å². The zero-order valence-electron chi connectivity index (χ0n) is 20.5. The number of likely N-dealkylation sites (N-methyl/N-ethyl adjacent to an activating group) is 1. The number of hydrogen-bond donors (Lipinski definition) is 0. The molecular formula is C27H33N7O. The minimum Gasteiger partial charge on any atom is -0.462 e. The third-order valence-electron chi connectivity index (χ3n) is 7.63. The van der Waals surface area contributed by atoms with Crippen molar-refractivity contribution in [3.05, 3.63) is 52.5 Å². The fraction of sp³-hybridized carbons (Fsp3) is 0.556. The molecule has 5 rings (SSSR count). The van der Waals surface area contributed by atoms with Crippen molar-refractivity contribution in [2.45, 2.75) is 44.7 Å². The maximum absolute atomic E-state index is 9.61. The van der Waals surface area contributed by atoms with Crippen LogP contribution in [0.4, 0.5) is 11.5 Å². The lowest BCUT2D eigenvalue weighted by Gasteiger charge is -2.36. The molecule has 1 aromatic heterocycles. The summed E-state index contributed by atoms with van der Waals surface area (Å²) >= 11 is 0. The van der Waals surface area contributed by atoms with Crippen molar-refractivity contribution < 1.29 is 4.74 Å². The van der Waals surface area contributed by atoms with E-state index in [2.05, 4.69) is 32.7 Å². The average Bonchev–Trinajstić information content (AvgIpc) is 3.31. The summed E-state index contributed by atoms with van der Waals surface area (Å²) in [4.78, 5) is 20.4. The van der Waals surface area contributed by atoms with E-state index in [1.807, 2.05) is 24.3 Å². The average molecular weight is 472 g/mol. The van der Waals surface area contributed by atoms with Gasteiger partial charge in [0.25, 0.3) is 0 Å². The highest BCUT2D eigenvalue weighted by Crippen LogP contribution is 2.34. The van der Waals surface area contributed by atoms with Crippen LogP contribution >= 0.6 is 0 Å². The maximum Gasteiger partial charge on any atom is 0.318 e. The number of nitriles is 1. The molecule has 0 radical (unpaired) electrons. The van der Waals surface area contributed by atoms with E-state index in [0.717, 1.165) is 69.1 Å². The number of piperidine rings is 1. The number of para-hydroxylation sites is 1. The summed E-state index contributed by atoms with van der Waals surface area (Å²) in [7, 11) is 2.15. The lowest BCUT2D eigenvalue weighted by molar-refractivity contribution is 0.187. The lowest BCUT2D eigenvalue weighted by Crippen LogP contribution is -2.40. The Balaban J connectivity index is 1.45. The van der Waals surface area contributed by atoms with E-state index in [0.29, 0.717) is 43.2 Å². The van der Waals surface area contributed by atoms with Crippen molar-refractivity contribution in [1.29, 1.82) is 5.26 Å². The van der Waals surface area contributed by atoms with Crippen LogP contribution < -0.4 is 14.5 Å². The minimum absolute atomic E-state index is 0.381. The molecule has 2 aromatic rings. The summed E-state index contributed by atoms with van der Waals surface area (Å²) in [5.74, 6) is 1.36. The first-order valence-corrected chi connectivity index (χ1v) is 12.7. The number of nitrogens with zero attached hydrogens (tertiary/aromatic N) is 7. The third-order valence-corrected chi connectivity index (χ3v) is 7.63. The number of hydrogen-bond acceptors (Lipinski definition) is 7. The SMILES string of the molecule is [C-]#[N+]C[C@@H]1CCCN(c2nc(OC[C@@H]3CCCN3C)nc3c2CCN(c2ccccc2C#N)C3)C1. The Morgan fingerprint density at radius 3 is 2.80 bits per heavy atom. The van der Waals surface area contributed by atoms with E-state index in [-0.39, 0.29) is 0 Å². The van der Waals surface area contributed by atoms with Crippen molar-refractivity contribution in [2.75, 3.05) is 56.2 Å². The number of benzene rings is 1. The second-order valence-corrected chi connectivity index (χ2v) is 9.94. The summed E-state index contributed by atoms with van der Waals surface area (Å²) in [5.41, 5.74) is 3.80. The molecule has 35 heavy (non-hydrogen) atoms. The number of anilines is 2. The van der Waals surface area contributed by atoms with Crippen LogP contribution in [0.3, 0.4) is 0 Å². The molecular weight excluding hydrogens is 438 g/mol. The van der Waals surface area contributed by atoms with Crippen LogP contribution in [-0.4, -0.2) is 67.3 Å². The molecule has 2 atom stereocenters. The minimum atomic E-state index is 0.381. The standard InChI is InChI=1S/C27H33N7O/c1-29-16-20-7-5-13-34(17-20)26-23-11-14-33(25-10-4-3-8-21(25)15-28)18-24(23)30-27(31-26)35-19-22-9-6-12-32(22)2/h3-4,8,10,20,22H,5-7,9,11-14,16-19H2,2H3/t20-,22-/m0/s1. The van der Waals surface area contributed by atoms with Gasteiger partial charge in [0.1, 0.15) is 18.5 Å². The third kappa shape index (κ3) is 5.04. The number of aromatic nitrogens is 2. The van der Waals surface area contributed by atoms with Crippen molar-refractivity contribution in [2.24, 2.45) is 5.92 Å². The largest absolute Gasteiger partial charge is 0.462 e. The molecule has 8 nitrogen and oxygen atoms in total. The molecule has 2 fully saturated rings. The van der Waals surface area contributed by atoms with Crippen LogP contribution in [0.5, 0.6) is 6.01 Å². The normalized spacial score (nSPS) is 22.4. The molecule has 0 N–H and O–H groups in total. The Morgan fingerprint density at radius 1 is 1.14 bits per heavy atom. The molecule has 0 saturated carbocycles. The van der Waals surface area contributed by atoms with Gasteiger partial charge in [0.15, 0.2) is 0 Å². The van der Waals surface area contributed by atoms with Crippen molar-refractivity contribution in [3.8, 4) is 12.1 Å².